The largest absolute Gasteiger partial charge is 0.367 e. The molecule has 0 aromatic heterocycles. The van der Waals surface area contributed by atoms with Crippen LogP contribution in [0.15, 0.2) is 51.8 Å². The second kappa shape index (κ2) is 7.43. The van der Waals surface area contributed by atoms with Gasteiger partial charge in [-0.1, -0.05) is 35.0 Å². The van der Waals surface area contributed by atoms with Crippen molar-refractivity contribution in [1.29, 1.82) is 0 Å². The number of aryl methyl sites for hydroxylation is 1. The first-order valence-corrected chi connectivity index (χ1v) is 10.4. The number of para-hydroxylation sites is 1. The first-order valence-electron chi connectivity index (χ1n) is 8.21. The topological polar surface area (TPSA) is 40.6 Å². The Morgan fingerprint density at radius 1 is 1.08 bits per heavy atom. The van der Waals surface area contributed by atoms with Gasteiger partial charge in [0.25, 0.3) is 0 Å². The van der Waals surface area contributed by atoms with Crippen molar-refractivity contribution in [3.63, 3.8) is 0 Å². The molecule has 25 heavy (non-hydrogen) atoms. The third-order valence-electron chi connectivity index (χ3n) is 4.45. The third-order valence-corrected chi connectivity index (χ3v) is 6.95. The summed E-state index contributed by atoms with van der Waals surface area (Å²) in [4.78, 5) is 2.25. The standard InChI is InChI=1S/C18H20BrFN2O2S/c1-2-14-13-15(19)7-8-18(14)25(23,24)22-11-9-21(10-12-22)17-6-4-3-5-16(17)20/h3-8,13H,2,9-12H2,1H3. The minimum Gasteiger partial charge on any atom is -0.367 e. The number of rotatable bonds is 4. The zero-order valence-electron chi connectivity index (χ0n) is 14.0. The van der Waals surface area contributed by atoms with Gasteiger partial charge in [0.15, 0.2) is 0 Å². The van der Waals surface area contributed by atoms with E-state index in [0.29, 0.717) is 43.2 Å². The molecule has 0 bridgehead atoms. The van der Waals surface area contributed by atoms with Crippen LogP contribution < -0.4 is 4.90 Å². The van der Waals surface area contributed by atoms with Crippen LogP contribution in [0.1, 0.15) is 12.5 Å². The van der Waals surface area contributed by atoms with Crippen molar-refractivity contribution in [3.8, 4) is 0 Å². The molecule has 0 spiro atoms. The number of sulfonamides is 1. The van der Waals surface area contributed by atoms with E-state index in [4.69, 9.17) is 0 Å². The lowest BCUT2D eigenvalue weighted by molar-refractivity contribution is 0.383. The summed E-state index contributed by atoms with van der Waals surface area (Å²) in [6.07, 6.45) is 0.642. The smallest absolute Gasteiger partial charge is 0.243 e. The molecule has 2 aromatic carbocycles. The van der Waals surface area contributed by atoms with Crippen LogP contribution in [0.2, 0.25) is 0 Å². The molecule has 0 atom stereocenters. The maximum absolute atomic E-state index is 13.9. The van der Waals surface area contributed by atoms with Gasteiger partial charge in [-0.15, -0.1) is 0 Å². The van der Waals surface area contributed by atoms with Gasteiger partial charge >= 0.3 is 0 Å². The van der Waals surface area contributed by atoms with Crippen molar-refractivity contribution in [2.45, 2.75) is 18.2 Å². The summed E-state index contributed by atoms with van der Waals surface area (Å²) in [6, 6.07) is 11.8. The van der Waals surface area contributed by atoms with Gasteiger partial charge < -0.3 is 4.90 Å². The van der Waals surface area contributed by atoms with E-state index < -0.39 is 10.0 Å². The van der Waals surface area contributed by atoms with Crippen LogP contribution in [0, 0.1) is 5.82 Å². The predicted octanol–water partition coefficient (Wildman–Crippen LogP) is 3.66. The lowest BCUT2D eigenvalue weighted by atomic mass is 10.2. The van der Waals surface area contributed by atoms with E-state index in [0.717, 1.165) is 10.0 Å². The van der Waals surface area contributed by atoms with E-state index in [9.17, 15) is 12.8 Å². The number of piperazine rings is 1. The van der Waals surface area contributed by atoms with Gasteiger partial charge in [-0.2, -0.15) is 4.31 Å². The van der Waals surface area contributed by atoms with E-state index in [1.54, 1.807) is 30.3 Å². The molecule has 1 aliphatic heterocycles. The minimum atomic E-state index is -3.55. The van der Waals surface area contributed by atoms with Crippen LogP contribution >= 0.6 is 15.9 Å². The fourth-order valence-corrected chi connectivity index (χ4v) is 5.20. The van der Waals surface area contributed by atoms with Gasteiger partial charge in [-0.05, 0) is 42.3 Å². The maximum atomic E-state index is 13.9. The van der Waals surface area contributed by atoms with Crippen molar-refractivity contribution in [3.05, 3.63) is 58.3 Å². The normalized spacial score (nSPS) is 16.2. The van der Waals surface area contributed by atoms with Crippen molar-refractivity contribution >= 4 is 31.6 Å². The fraction of sp³-hybridized carbons (Fsp3) is 0.333. The fourth-order valence-electron chi connectivity index (χ4n) is 3.09. The Morgan fingerprint density at radius 2 is 1.76 bits per heavy atom. The summed E-state index contributed by atoms with van der Waals surface area (Å²) in [5.74, 6) is -0.278. The Labute approximate surface area is 156 Å². The highest BCUT2D eigenvalue weighted by molar-refractivity contribution is 9.10. The van der Waals surface area contributed by atoms with Crippen LogP contribution in [-0.2, 0) is 16.4 Å². The molecule has 0 radical (unpaired) electrons. The molecule has 0 aliphatic carbocycles. The molecule has 0 amide bonds. The number of benzene rings is 2. The van der Waals surface area contributed by atoms with Gasteiger partial charge in [-0.25, -0.2) is 12.8 Å². The molecule has 1 saturated heterocycles. The van der Waals surface area contributed by atoms with Crippen molar-refractivity contribution in [2.24, 2.45) is 0 Å². The van der Waals surface area contributed by atoms with E-state index in [-0.39, 0.29) is 5.82 Å². The monoisotopic (exact) mass is 426 g/mol. The molecule has 0 unspecified atom stereocenters. The molecule has 2 aromatic rings. The zero-order valence-corrected chi connectivity index (χ0v) is 16.4. The van der Waals surface area contributed by atoms with E-state index >= 15 is 0 Å². The van der Waals surface area contributed by atoms with Gasteiger partial charge in [0.1, 0.15) is 5.82 Å². The minimum absolute atomic E-state index is 0.278. The Morgan fingerprint density at radius 3 is 2.40 bits per heavy atom. The molecule has 3 rings (SSSR count). The summed E-state index contributed by atoms with van der Waals surface area (Å²) in [7, 11) is -3.55. The molecule has 0 N–H and O–H groups in total. The molecular weight excluding hydrogens is 407 g/mol. The molecule has 4 nitrogen and oxygen atoms in total. The van der Waals surface area contributed by atoms with Gasteiger partial charge in [0.05, 0.1) is 10.6 Å². The average Bonchev–Trinajstić information content (AvgIpc) is 2.62. The second-order valence-electron chi connectivity index (χ2n) is 5.95. The molecular formula is C18H20BrFN2O2S. The zero-order chi connectivity index (χ0) is 18.0. The summed E-state index contributed by atoms with van der Waals surface area (Å²) >= 11 is 3.39. The number of halogens is 2. The van der Waals surface area contributed by atoms with E-state index in [2.05, 4.69) is 15.9 Å². The molecule has 1 heterocycles. The molecule has 134 valence electrons. The van der Waals surface area contributed by atoms with Gasteiger partial charge in [0, 0.05) is 30.7 Å². The second-order valence-corrected chi connectivity index (χ2v) is 8.77. The Kier molecular flexibility index (Phi) is 5.46. The number of hydrogen-bond donors (Lipinski definition) is 0. The first-order chi connectivity index (χ1) is 11.9. The summed E-state index contributed by atoms with van der Waals surface area (Å²) < 4.78 is 42.3. The SMILES string of the molecule is CCc1cc(Br)ccc1S(=O)(=O)N1CCN(c2ccccc2F)CC1. The lowest BCUT2D eigenvalue weighted by Gasteiger charge is -2.35. The highest BCUT2D eigenvalue weighted by Gasteiger charge is 2.30. The molecule has 1 aliphatic rings. The van der Waals surface area contributed by atoms with E-state index in [1.165, 1.54) is 10.4 Å². The highest BCUT2D eigenvalue weighted by atomic mass is 79.9. The Bertz CT molecular complexity index is 865. The van der Waals surface area contributed by atoms with Crippen molar-refractivity contribution in [2.75, 3.05) is 31.1 Å². The third kappa shape index (κ3) is 3.73. The summed E-state index contributed by atoms with van der Waals surface area (Å²) in [6.45, 7) is 3.57. The van der Waals surface area contributed by atoms with Gasteiger partial charge in [-0.3, -0.25) is 0 Å². The number of anilines is 1. The van der Waals surface area contributed by atoms with Crippen LogP contribution in [-0.4, -0.2) is 38.9 Å². The number of hydrogen-bond acceptors (Lipinski definition) is 3. The molecule has 7 heteroatoms. The molecule has 1 fully saturated rings. The Hall–Kier alpha value is -1.44. The van der Waals surface area contributed by atoms with Crippen LogP contribution in [0.4, 0.5) is 10.1 Å². The summed E-state index contributed by atoms with van der Waals surface area (Å²) in [5, 5.41) is 0. The summed E-state index contributed by atoms with van der Waals surface area (Å²) in [5.41, 5.74) is 1.32. The van der Waals surface area contributed by atoms with Crippen molar-refractivity contribution < 1.29 is 12.8 Å². The highest BCUT2D eigenvalue weighted by Crippen LogP contribution is 2.27. The van der Waals surface area contributed by atoms with Crippen molar-refractivity contribution in [1.82, 2.24) is 4.31 Å². The van der Waals surface area contributed by atoms with Crippen LogP contribution in [0.25, 0.3) is 0 Å². The maximum Gasteiger partial charge on any atom is 0.243 e. The van der Waals surface area contributed by atoms with Crippen LogP contribution in [0.5, 0.6) is 0 Å². The predicted molar refractivity (Wildman–Crippen MR) is 101 cm³/mol. The molecule has 0 saturated carbocycles. The quantitative estimate of drug-likeness (QED) is 0.748. The first kappa shape index (κ1) is 18.4. The number of nitrogens with zero attached hydrogens (tertiary/aromatic N) is 2. The Balaban J connectivity index is 1.79. The van der Waals surface area contributed by atoms with E-state index in [1.807, 2.05) is 17.9 Å². The van der Waals surface area contributed by atoms with Gasteiger partial charge in [0.2, 0.25) is 10.0 Å². The average molecular weight is 427 g/mol. The lowest BCUT2D eigenvalue weighted by Crippen LogP contribution is -2.49. The van der Waals surface area contributed by atoms with Crippen LogP contribution in [0.3, 0.4) is 0 Å².